The highest BCUT2D eigenvalue weighted by Crippen LogP contribution is 2.13. The normalized spacial score (nSPS) is 11.4. The van der Waals surface area contributed by atoms with E-state index in [1.807, 2.05) is 0 Å². The Morgan fingerprint density at radius 1 is 0.516 bits per heavy atom. The first-order chi connectivity index (χ1) is 15.2. The number of rotatable bonds is 25. The molecule has 0 aliphatic carbocycles. The lowest BCUT2D eigenvalue weighted by Crippen LogP contribution is -2.31. The van der Waals surface area contributed by atoms with Gasteiger partial charge in [0, 0.05) is 20.0 Å². The summed E-state index contributed by atoms with van der Waals surface area (Å²) < 4.78 is 0. The van der Waals surface area contributed by atoms with Crippen molar-refractivity contribution in [3.8, 4) is 0 Å². The molecular weight excluding hydrogens is 380 g/mol. The second-order valence-electron chi connectivity index (χ2n) is 9.63. The zero-order valence-electron chi connectivity index (χ0n) is 21.8. The van der Waals surface area contributed by atoms with Crippen molar-refractivity contribution in [1.29, 1.82) is 0 Å². The van der Waals surface area contributed by atoms with Gasteiger partial charge >= 0.3 is 0 Å². The third kappa shape index (κ3) is 23.9. The topological polar surface area (TPSA) is 32.3 Å². The summed E-state index contributed by atoms with van der Waals surface area (Å²) in [6, 6.07) is 0. The van der Waals surface area contributed by atoms with Gasteiger partial charge in [0.05, 0.1) is 0 Å². The lowest BCUT2D eigenvalue weighted by Gasteiger charge is -2.22. The van der Waals surface area contributed by atoms with E-state index in [4.69, 9.17) is 0 Å². The third-order valence-electron chi connectivity index (χ3n) is 6.59. The molecule has 0 unspecified atom stereocenters. The fourth-order valence-electron chi connectivity index (χ4n) is 4.37. The van der Waals surface area contributed by atoms with E-state index >= 15 is 0 Å². The summed E-state index contributed by atoms with van der Waals surface area (Å²) >= 11 is 0. The first-order valence-corrected chi connectivity index (χ1v) is 14.2. The number of nitrogens with one attached hydrogen (secondary N) is 1. The summed E-state index contributed by atoms with van der Waals surface area (Å²) in [7, 11) is 1.75. The molecule has 186 valence electrons. The minimum Gasteiger partial charge on any atom is -0.359 e. The number of carbonyl (C=O) groups is 1. The summed E-state index contributed by atoms with van der Waals surface area (Å²) in [5.74, 6) is 0.177. The Kier molecular flexibility index (Phi) is 25.2. The van der Waals surface area contributed by atoms with Crippen LogP contribution in [0.1, 0.15) is 149 Å². The number of nitrogens with zero attached hydrogens (tertiary/aromatic N) is 1. The van der Waals surface area contributed by atoms with Gasteiger partial charge in [-0.3, -0.25) is 4.79 Å². The van der Waals surface area contributed by atoms with Crippen LogP contribution in [0.2, 0.25) is 0 Å². The number of hydrogen-bond acceptors (Lipinski definition) is 2. The highest BCUT2D eigenvalue weighted by Gasteiger charge is 2.07. The number of amides is 1. The number of carbonyl (C=O) groups excluding carboxylic acids is 1. The maximum Gasteiger partial charge on any atom is 0.221 e. The minimum absolute atomic E-state index is 0.177. The molecule has 31 heavy (non-hydrogen) atoms. The van der Waals surface area contributed by atoms with E-state index in [0.29, 0.717) is 6.42 Å². The molecule has 0 aromatic carbocycles. The molecule has 0 bridgehead atoms. The predicted octanol–water partition coefficient (Wildman–Crippen LogP) is 8.27. The van der Waals surface area contributed by atoms with Gasteiger partial charge in [-0.05, 0) is 25.9 Å². The Labute approximate surface area is 196 Å². The van der Waals surface area contributed by atoms with Gasteiger partial charge in [0.25, 0.3) is 0 Å². The van der Waals surface area contributed by atoms with E-state index in [9.17, 15) is 4.79 Å². The lowest BCUT2D eigenvalue weighted by atomic mass is 10.1. The van der Waals surface area contributed by atoms with Crippen LogP contribution in [-0.4, -0.2) is 37.5 Å². The van der Waals surface area contributed by atoms with Crippen LogP contribution in [-0.2, 0) is 4.79 Å². The van der Waals surface area contributed by atoms with Gasteiger partial charge in [-0.2, -0.15) is 0 Å². The van der Waals surface area contributed by atoms with Crippen LogP contribution in [0.15, 0.2) is 0 Å². The predicted molar refractivity (Wildman–Crippen MR) is 139 cm³/mol. The van der Waals surface area contributed by atoms with Crippen molar-refractivity contribution in [2.24, 2.45) is 0 Å². The summed E-state index contributed by atoms with van der Waals surface area (Å²) in [6.45, 7) is 7.84. The number of hydrogen-bond donors (Lipinski definition) is 1. The molecule has 0 radical (unpaired) electrons. The van der Waals surface area contributed by atoms with Crippen molar-refractivity contribution in [2.75, 3.05) is 26.7 Å². The first kappa shape index (κ1) is 30.4. The molecule has 0 rings (SSSR count). The summed E-state index contributed by atoms with van der Waals surface area (Å²) in [5.41, 5.74) is 0. The summed E-state index contributed by atoms with van der Waals surface area (Å²) in [5, 5.41) is 2.77. The highest BCUT2D eigenvalue weighted by atomic mass is 16.1. The monoisotopic (exact) mass is 438 g/mol. The van der Waals surface area contributed by atoms with Crippen molar-refractivity contribution in [3.63, 3.8) is 0 Å². The summed E-state index contributed by atoms with van der Waals surface area (Å²) in [6.07, 6.45) is 28.4. The standard InChI is InChI=1S/C28H58N2O/c1-4-6-8-10-12-14-16-18-20-22-25-30(27-24-28(31)29-3)26-23-21-19-17-15-13-11-9-7-5-2/h4-27H2,1-3H3,(H,29,31). The lowest BCUT2D eigenvalue weighted by molar-refractivity contribution is -0.120. The van der Waals surface area contributed by atoms with Gasteiger partial charge in [-0.25, -0.2) is 0 Å². The van der Waals surface area contributed by atoms with E-state index in [1.54, 1.807) is 7.05 Å². The maximum absolute atomic E-state index is 11.7. The molecule has 0 spiro atoms. The largest absolute Gasteiger partial charge is 0.359 e. The van der Waals surface area contributed by atoms with Crippen LogP contribution < -0.4 is 5.32 Å². The van der Waals surface area contributed by atoms with Crippen molar-refractivity contribution in [2.45, 2.75) is 149 Å². The molecule has 3 nitrogen and oxygen atoms in total. The van der Waals surface area contributed by atoms with Crippen LogP contribution >= 0.6 is 0 Å². The molecule has 0 aromatic rings. The van der Waals surface area contributed by atoms with Crippen LogP contribution in [0.4, 0.5) is 0 Å². The van der Waals surface area contributed by atoms with E-state index in [2.05, 4.69) is 24.1 Å². The average Bonchev–Trinajstić information content (AvgIpc) is 2.78. The van der Waals surface area contributed by atoms with E-state index < -0.39 is 0 Å². The van der Waals surface area contributed by atoms with Crippen LogP contribution in [0.3, 0.4) is 0 Å². The third-order valence-corrected chi connectivity index (χ3v) is 6.59. The van der Waals surface area contributed by atoms with Crippen molar-refractivity contribution in [1.82, 2.24) is 10.2 Å². The van der Waals surface area contributed by atoms with Crippen LogP contribution in [0.25, 0.3) is 0 Å². The molecule has 0 fully saturated rings. The quantitative estimate of drug-likeness (QED) is 0.145. The van der Waals surface area contributed by atoms with Gasteiger partial charge in [0.15, 0.2) is 0 Å². The molecular formula is C28H58N2O. The number of unbranched alkanes of at least 4 members (excludes halogenated alkanes) is 18. The van der Waals surface area contributed by atoms with Gasteiger partial charge < -0.3 is 10.2 Å². The first-order valence-electron chi connectivity index (χ1n) is 14.2. The fraction of sp³-hybridized carbons (Fsp3) is 0.964. The second kappa shape index (κ2) is 25.7. The molecule has 1 amide bonds. The molecule has 1 N–H and O–H groups in total. The summed E-state index contributed by atoms with van der Waals surface area (Å²) in [4.78, 5) is 14.2. The van der Waals surface area contributed by atoms with Crippen molar-refractivity contribution < 1.29 is 4.79 Å². The van der Waals surface area contributed by atoms with Gasteiger partial charge in [-0.15, -0.1) is 0 Å². The molecule has 0 aliphatic rings. The zero-order valence-corrected chi connectivity index (χ0v) is 21.8. The highest BCUT2D eigenvalue weighted by molar-refractivity contribution is 5.75. The van der Waals surface area contributed by atoms with Crippen LogP contribution in [0, 0.1) is 0 Å². The Balaban J connectivity index is 3.74. The van der Waals surface area contributed by atoms with Gasteiger partial charge in [0.1, 0.15) is 0 Å². The van der Waals surface area contributed by atoms with Crippen molar-refractivity contribution >= 4 is 5.91 Å². The van der Waals surface area contributed by atoms with Crippen molar-refractivity contribution in [3.05, 3.63) is 0 Å². The molecule has 0 heterocycles. The Bertz CT molecular complexity index is 335. The molecule has 3 heteroatoms. The molecule has 0 aliphatic heterocycles. The Hall–Kier alpha value is -0.570. The molecule has 0 aromatic heterocycles. The van der Waals surface area contributed by atoms with E-state index in [1.165, 1.54) is 142 Å². The van der Waals surface area contributed by atoms with Gasteiger partial charge in [0.2, 0.25) is 5.91 Å². The van der Waals surface area contributed by atoms with E-state index in [-0.39, 0.29) is 5.91 Å². The SMILES string of the molecule is CCCCCCCCCCCCN(CCCCCCCCCCCC)CCC(=O)NC. The van der Waals surface area contributed by atoms with E-state index in [0.717, 1.165) is 6.54 Å². The average molecular weight is 439 g/mol. The Morgan fingerprint density at radius 2 is 0.839 bits per heavy atom. The second-order valence-corrected chi connectivity index (χ2v) is 9.63. The maximum atomic E-state index is 11.7. The Morgan fingerprint density at radius 3 is 1.16 bits per heavy atom. The molecule has 0 atom stereocenters. The molecule has 0 saturated carbocycles. The fourth-order valence-corrected chi connectivity index (χ4v) is 4.37. The minimum atomic E-state index is 0.177. The zero-order chi connectivity index (χ0) is 22.8. The van der Waals surface area contributed by atoms with Gasteiger partial charge in [-0.1, -0.05) is 129 Å². The van der Waals surface area contributed by atoms with Crippen LogP contribution in [0.5, 0.6) is 0 Å². The smallest absolute Gasteiger partial charge is 0.221 e. The molecule has 0 saturated heterocycles.